The molecule has 21 heavy (non-hydrogen) atoms. The summed E-state index contributed by atoms with van der Waals surface area (Å²) >= 11 is 5.73. The Labute approximate surface area is 128 Å². The summed E-state index contributed by atoms with van der Waals surface area (Å²) in [4.78, 5) is 10.1. The molecule has 116 valence electrons. The van der Waals surface area contributed by atoms with Crippen LogP contribution in [0, 0.1) is 10.1 Å². The lowest BCUT2D eigenvalue weighted by molar-refractivity contribution is -0.387. The maximum atomic E-state index is 12.6. The van der Waals surface area contributed by atoms with Crippen LogP contribution in [0.3, 0.4) is 0 Å². The lowest BCUT2D eigenvalue weighted by Crippen LogP contribution is -2.38. The van der Waals surface area contributed by atoms with E-state index in [1.807, 2.05) is 0 Å². The largest absolute Gasteiger partial charge is 0.290 e. The monoisotopic (exact) mass is 332 g/mol. The van der Waals surface area contributed by atoms with Gasteiger partial charge in [-0.1, -0.05) is 30.9 Å². The Kier molecular flexibility index (Phi) is 4.85. The van der Waals surface area contributed by atoms with E-state index in [0.29, 0.717) is 0 Å². The Balaban J connectivity index is 2.41. The smallest absolute Gasteiger partial charge is 0.258 e. The van der Waals surface area contributed by atoms with Crippen molar-refractivity contribution in [3.05, 3.63) is 33.3 Å². The van der Waals surface area contributed by atoms with Crippen molar-refractivity contribution < 1.29 is 13.3 Å². The molecule has 2 rings (SSSR count). The topological polar surface area (TPSA) is 80.5 Å². The number of nitro benzene ring substituents is 1. The van der Waals surface area contributed by atoms with Gasteiger partial charge in [0, 0.05) is 24.2 Å². The van der Waals surface area contributed by atoms with Crippen molar-refractivity contribution in [3.8, 4) is 0 Å². The lowest BCUT2D eigenvalue weighted by Gasteiger charge is -2.30. The number of halogens is 1. The van der Waals surface area contributed by atoms with E-state index in [1.54, 1.807) is 0 Å². The second kappa shape index (κ2) is 6.29. The molecule has 1 saturated carbocycles. The molecule has 0 radical (unpaired) electrons. The predicted molar refractivity (Wildman–Crippen MR) is 79.9 cm³/mol. The summed E-state index contributed by atoms with van der Waals surface area (Å²) in [6, 6.07) is 3.54. The van der Waals surface area contributed by atoms with E-state index in [2.05, 4.69) is 0 Å². The molecule has 0 atom stereocenters. The zero-order valence-electron chi connectivity index (χ0n) is 11.7. The fourth-order valence-corrected chi connectivity index (χ4v) is 4.37. The van der Waals surface area contributed by atoms with Gasteiger partial charge in [-0.25, -0.2) is 8.42 Å². The minimum absolute atomic E-state index is 0.0981. The third-order valence-corrected chi connectivity index (χ3v) is 6.06. The van der Waals surface area contributed by atoms with Crippen LogP contribution in [0.1, 0.15) is 32.1 Å². The van der Waals surface area contributed by atoms with Crippen molar-refractivity contribution in [3.63, 3.8) is 0 Å². The molecule has 1 aliphatic carbocycles. The first-order chi connectivity index (χ1) is 9.84. The summed E-state index contributed by atoms with van der Waals surface area (Å²) in [5, 5.41) is 11.2. The summed E-state index contributed by atoms with van der Waals surface area (Å²) < 4.78 is 26.6. The van der Waals surface area contributed by atoms with Crippen LogP contribution in [0.15, 0.2) is 23.1 Å². The quantitative estimate of drug-likeness (QED) is 0.626. The maximum Gasteiger partial charge on any atom is 0.290 e. The van der Waals surface area contributed by atoms with Gasteiger partial charge in [0.15, 0.2) is 4.90 Å². The molecule has 8 heteroatoms. The van der Waals surface area contributed by atoms with Crippen LogP contribution in [0.2, 0.25) is 5.02 Å². The molecule has 1 aliphatic rings. The molecule has 1 fully saturated rings. The van der Waals surface area contributed by atoms with Crippen LogP contribution in [0.4, 0.5) is 5.69 Å². The van der Waals surface area contributed by atoms with E-state index in [9.17, 15) is 18.5 Å². The molecule has 0 aromatic heterocycles. The minimum atomic E-state index is -3.90. The van der Waals surface area contributed by atoms with Crippen LogP contribution in [0.5, 0.6) is 0 Å². The molecule has 0 heterocycles. The van der Waals surface area contributed by atoms with Gasteiger partial charge in [0.2, 0.25) is 10.0 Å². The molecule has 0 saturated heterocycles. The van der Waals surface area contributed by atoms with Crippen LogP contribution in [0.25, 0.3) is 0 Å². The molecule has 0 aliphatic heterocycles. The van der Waals surface area contributed by atoms with Crippen molar-refractivity contribution in [1.82, 2.24) is 4.31 Å². The summed E-state index contributed by atoms with van der Waals surface area (Å²) in [7, 11) is -2.41. The zero-order chi connectivity index (χ0) is 15.6. The second-order valence-electron chi connectivity index (χ2n) is 5.18. The molecule has 0 spiro atoms. The van der Waals surface area contributed by atoms with E-state index in [-0.39, 0.29) is 16.0 Å². The van der Waals surface area contributed by atoms with Gasteiger partial charge >= 0.3 is 0 Å². The number of hydrogen-bond acceptors (Lipinski definition) is 4. The highest BCUT2D eigenvalue weighted by atomic mass is 35.5. The van der Waals surface area contributed by atoms with Gasteiger partial charge in [0.1, 0.15) is 0 Å². The first kappa shape index (κ1) is 16.2. The van der Waals surface area contributed by atoms with Gasteiger partial charge in [-0.05, 0) is 25.0 Å². The number of hydrogen-bond donors (Lipinski definition) is 0. The van der Waals surface area contributed by atoms with E-state index in [4.69, 9.17) is 11.6 Å². The van der Waals surface area contributed by atoms with E-state index in [0.717, 1.165) is 38.2 Å². The molecule has 0 bridgehead atoms. The number of nitrogens with zero attached hydrogens (tertiary/aromatic N) is 2. The third-order valence-electron chi connectivity index (χ3n) is 3.86. The fourth-order valence-electron chi connectivity index (χ4n) is 2.65. The highest BCUT2D eigenvalue weighted by Crippen LogP contribution is 2.32. The van der Waals surface area contributed by atoms with E-state index >= 15 is 0 Å². The van der Waals surface area contributed by atoms with Gasteiger partial charge in [0.05, 0.1) is 4.92 Å². The molecule has 1 aromatic carbocycles. The molecule has 6 nitrogen and oxygen atoms in total. The highest BCUT2D eigenvalue weighted by molar-refractivity contribution is 7.89. The van der Waals surface area contributed by atoms with Crippen LogP contribution in [-0.2, 0) is 10.0 Å². The highest BCUT2D eigenvalue weighted by Gasteiger charge is 2.34. The summed E-state index contributed by atoms with van der Waals surface area (Å²) in [6.07, 6.45) is 4.64. The van der Waals surface area contributed by atoms with Crippen molar-refractivity contribution in [2.24, 2.45) is 0 Å². The Bertz CT molecular complexity index is 642. The average Bonchev–Trinajstić information content (AvgIpc) is 2.47. The zero-order valence-corrected chi connectivity index (χ0v) is 13.2. The SMILES string of the molecule is CN(C1CCCCC1)S(=O)(=O)c1ccc(Cl)cc1[N+](=O)[O-]. The Hall–Kier alpha value is -1.18. The number of nitro groups is 1. The molecular formula is C13H17ClN2O4S. The van der Waals surface area contributed by atoms with E-state index < -0.39 is 20.6 Å². The Morgan fingerprint density at radius 1 is 1.29 bits per heavy atom. The summed E-state index contributed by atoms with van der Waals surface area (Å²) in [6.45, 7) is 0. The molecule has 0 N–H and O–H groups in total. The Morgan fingerprint density at radius 3 is 2.48 bits per heavy atom. The van der Waals surface area contributed by atoms with Crippen LogP contribution >= 0.6 is 11.6 Å². The van der Waals surface area contributed by atoms with Gasteiger partial charge in [-0.3, -0.25) is 10.1 Å². The van der Waals surface area contributed by atoms with Crippen molar-refractivity contribution in [2.75, 3.05) is 7.05 Å². The standard InChI is InChI=1S/C13H17ClN2O4S/c1-15(11-5-3-2-4-6-11)21(19,20)13-8-7-10(14)9-12(13)16(17)18/h7-9,11H,2-6H2,1H3. The Morgan fingerprint density at radius 2 is 1.90 bits per heavy atom. The number of sulfonamides is 1. The van der Waals surface area contributed by atoms with Crippen molar-refractivity contribution in [2.45, 2.75) is 43.0 Å². The third kappa shape index (κ3) is 3.36. The molecular weight excluding hydrogens is 316 g/mol. The van der Waals surface area contributed by atoms with Gasteiger partial charge < -0.3 is 0 Å². The first-order valence-electron chi connectivity index (χ1n) is 6.76. The van der Waals surface area contributed by atoms with E-state index in [1.165, 1.54) is 23.5 Å². The normalized spacial score (nSPS) is 17.1. The molecule has 0 amide bonds. The van der Waals surface area contributed by atoms with Gasteiger partial charge in [0.25, 0.3) is 5.69 Å². The molecule has 1 aromatic rings. The van der Waals surface area contributed by atoms with Crippen LogP contribution < -0.4 is 0 Å². The van der Waals surface area contributed by atoms with Gasteiger partial charge in [-0.2, -0.15) is 4.31 Å². The summed E-state index contributed by atoms with van der Waals surface area (Å²) in [5.74, 6) is 0. The fraction of sp³-hybridized carbons (Fsp3) is 0.538. The van der Waals surface area contributed by atoms with Gasteiger partial charge in [-0.15, -0.1) is 0 Å². The second-order valence-corrected chi connectivity index (χ2v) is 7.58. The lowest BCUT2D eigenvalue weighted by atomic mass is 9.96. The summed E-state index contributed by atoms with van der Waals surface area (Å²) in [5.41, 5.74) is -0.481. The van der Waals surface area contributed by atoms with Crippen LogP contribution in [-0.4, -0.2) is 30.7 Å². The molecule has 0 unspecified atom stereocenters. The first-order valence-corrected chi connectivity index (χ1v) is 8.58. The van der Waals surface area contributed by atoms with Crippen molar-refractivity contribution >= 4 is 27.3 Å². The van der Waals surface area contributed by atoms with Crippen molar-refractivity contribution in [1.29, 1.82) is 0 Å². The number of benzene rings is 1. The minimum Gasteiger partial charge on any atom is -0.258 e. The predicted octanol–water partition coefficient (Wildman–Crippen LogP) is 3.20. The average molecular weight is 333 g/mol. The maximum absolute atomic E-state index is 12.6. The number of rotatable bonds is 4.